The van der Waals surface area contributed by atoms with Gasteiger partial charge in [-0.3, -0.25) is 4.90 Å². The molecule has 178 valence electrons. The van der Waals surface area contributed by atoms with E-state index < -0.39 is 19.9 Å². The Hall–Kier alpha value is -2.29. The third kappa shape index (κ3) is 6.40. The minimum absolute atomic E-state index is 0.0234. The highest BCUT2D eigenvalue weighted by molar-refractivity contribution is 7.91. The maximum Gasteiger partial charge on any atom is 0.243 e. The monoisotopic (exact) mass is 491 g/mol. The van der Waals surface area contributed by atoms with Gasteiger partial charge in [0, 0.05) is 45.6 Å². The van der Waals surface area contributed by atoms with Crippen molar-refractivity contribution in [3.05, 3.63) is 59.7 Å². The highest BCUT2D eigenvalue weighted by Crippen LogP contribution is 2.26. The molecule has 2 aromatic rings. The fourth-order valence-electron chi connectivity index (χ4n) is 4.04. The van der Waals surface area contributed by atoms with Gasteiger partial charge in [-0.05, 0) is 48.7 Å². The van der Waals surface area contributed by atoms with Crippen LogP contribution >= 0.6 is 0 Å². The molecule has 8 nitrogen and oxygen atoms in total. The van der Waals surface area contributed by atoms with Crippen LogP contribution in [0.1, 0.15) is 24.0 Å². The molecule has 0 aromatic heterocycles. The molecule has 2 aromatic carbocycles. The second-order valence-corrected chi connectivity index (χ2v) is 12.1. The normalized spacial score (nSPS) is 16.1. The summed E-state index contributed by atoms with van der Waals surface area (Å²) in [4.78, 5) is 2.19. The van der Waals surface area contributed by atoms with Crippen molar-refractivity contribution in [1.82, 2.24) is 9.21 Å². The van der Waals surface area contributed by atoms with Crippen LogP contribution in [0.3, 0.4) is 0 Å². The maximum atomic E-state index is 13.5. The number of ether oxygens (including phenoxy) is 1. The van der Waals surface area contributed by atoms with Gasteiger partial charge in [0.25, 0.3) is 0 Å². The van der Waals surface area contributed by atoms with Gasteiger partial charge >= 0.3 is 0 Å². The predicted octanol–water partition coefficient (Wildman–Crippen LogP) is 2.26. The molecule has 0 spiro atoms. The summed E-state index contributed by atoms with van der Waals surface area (Å²) in [5.41, 5.74) is 1.67. The molecular weight excluding hydrogens is 462 g/mol. The Kier molecular flexibility index (Phi) is 8.26. The summed E-state index contributed by atoms with van der Waals surface area (Å²) in [5.74, 6) is 0. The first-order valence-electron chi connectivity index (χ1n) is 10.7. The van der Waals surface area contributed by atoms with Crippen molar-refractivity contribution >= 4 is 19.9 Å². The summed E-state index contributed by atoms with van der Waals surface area (Å²) >= 11 is 0. The van der Waals surface area contributed by atoms with Crippen molar-refractivity contribution < 1.29 is 21.6 Å². The molecule has 1 aliphatic heterocycles. The molecule has 10 heteroatoms. The van der Waals surface area contributed by atoms with Crippen molar-refractivity contribution in [2.24, 2.45) is 0 Å². The standard InChI is InChI=1S/C23H29N3O5S2/c1-31-14-13-26(33(29,30)23-8-4-7-22(16-23)32(2,27)28)21-9-11-25(12-10-21)18-20-6-3-5-19(15-20)17-24/h3-8,15-16,21H,9-14,18H2,1-2H3. The third-order valence-corrected chi connectivity index (χ3v) is 8.84. The Morgan fingerprint density at radius 3 is 2.36 bits per heavy atom. The van der Waals surface area contributed by atoms with Crippen LogP contribution in [0.4, 0.5) is 0 Å². The molecule has 0 saturated carbocycles. The largest absolute Gasteiger partial charge is 0.383 e. The number of benzene rings is 2. The summed E-state index contributed by atoms with van der Waals surface area (Å²) in [7, 11) is -5.92. The lowest BCUT2D eigenvalue weighted by molar-refractivity contribution is 0.125. The Labute approximate surface area is 196 Å². The lowest BCUT2D eigenvalue weighted by atomic mass is 10.0. The summed E-state index contributed by atoms with van der Waals surface area (Å²) in [6, 6.07) is 14.9. The molecular formula is C23H29N3O5S2. The van der Waals surface area contributed by atoms with E-state index >= 15 is 0 Å². The molecule has 0 aliphatic carbocycles. The minimum Gasteiger partial charge on any atom is -0.383 e. The maximum absolute atomic E-state index is 13.5. The molecule has 0 radical (unpaired) electrons. The molecule has 3 rings (SSSR count). The van der Waals surface area contributed by atoms with Crippen LogP contribution in [-0.4, -0.2) is 71.7 Å². The van der Waals surface area contributed by atoms with E-state index in [-0.39, 0.29) is 29.0 Å². The van der Waals surface area contributed by atoms with E-state index in [1.54, 1.807) is 6.07 Å². The van der Waals surface area contributed by atoms with Gasteiger partial charge in [0.1, 0.15) is 0 Å². The number of nitriles is 1. The zero-order chi connectivity index (χ0) is 24.1. The van der Waals surface area contributed by atoms with Crippen LogP contribution in [0.25, 0.3) is 0 Å². The number of nitrogens with zero attached hydrogens (tertiary/aromatic N) is 3. The number of piperidine rings is 1. The quantitative estimate of drug-likeness (QED) is 0.529. The van der Waals surface area contributed by atoms with Gasteiger partial charge in [-0.2, -0.15) is 9.57 Å². The van der Waals surface area contributed by atoms with Gasteiger partial charge < -0.3 is 4.74 Å². The zero-order valence-corrected chi connectivity index (χ0v) is 20.5. The molecule has 1 aliphatic rings. The fraction of sp³-hybridized carbons (Fsp3) is 0.435. The van der Waals surface area contributed by atoms with Crippen molar-refractivity contribution in [1.29, 1.82) is 5.26 Å². The molecule has 1 heterocycles. The zero-order valence-electron chi connectivity index (χ0n) is 18.8. The highest BCUT2D eigenvalue weighted by Gasteiger charge is 2.34. The summed E-state index contributed by atoms with van der Waals surface area (Å²) in [6.07, 6.45) is 2.35. The van der Waals surface area contributed by atoms with E-state index in [0.29, 0.717) is 38.0 Å². The number of hydrogen-bond acceptors (Lipinski definition) is 7. The van der Waals surface area contributed by atoms with E-state index in [0.717, 1.165) is 11.8 Å². The Bertz CT molecular complexity index is 1210. The Balaban J connectivity index is 1.76. The molecule has 0 bridgehead atoms. The van der Waals surface area contributed by atoms with E-state index in [1.165, 1.54) is 35.7 Å². The molecule has 0 N–H and O–H groups in total. The fourth-order valence-corrected chi connectivity index (χ4v) is 6.50. The Morgan fingerprint density at radius 1 is 1.06 bits per heavy atom. The van der Waals surface area contributed by atoms with Gasteiger partial charge in [0.2, 0.25) is 10.0 Å². The molecule has 0 atom stereocenters. The summed E-state index contributed by atoms with van der Waals surface area (Å²) < 4.78 is 57.4. The summed E-state index contributed by atoms with van der Waals surface area (Å²) in [6.45, 7) is 2.56. The lowest BCUT2D eigenvalue weighted by Crippen LogP contribution is -2.48. The summed E-state index contributed by atoms with van der Waals surface area (Å²) in [5, 5.41) is 9.10. The van der Waals surface area contributed by atoms with Crippen LogP contribution in [0.5, 0.6) is 0 Å². The number of sulfonamides is 1. The second-order valence-electron chi connectivity index (χ2n) is 8.18. The predicted molar refractivity (Wildman–Crippen MR) is 125 cm³/mol. The van der Waals surface area contributed by atoms with Gasteiger partial charge in [0.05, 0.1) is 28.0 Å². The van der Waals surface area contributed by atoms with Crippen LogP contribution in [-0.2, 0) is 31.1 Å². The topological polar surface area (TPSA) is 108 Å². The van der Waals surface area contributed by atoms with Crippen molar-refractivity contribution in [3.8, 4) is 6.07 Å². The second kappa shape index (κ2) is 10.8. The smallest absolute Gasteiger partial charge is 0.243 e. The number of likely N-dealkylation sites (tertiary alicyclic amines) is 1. The van der Waals surface area contributed by atoms with E-state index in [1.807, 2.05) is 18.2 Å². The average Bonchev–Trinajstić information content (AvgIpc) is 2.80. The number of rotatable bonds is 9. The minimum atomic E-state index is -3.91. The van der Waals surface area contributed by atoms with Gasteiger partial charge in [-0.15, -0.1) is 0 Å². The number of sulfone groups is 1. The first kappa shape index (κ1) is 25.3. The van der Waals surface area contributed by atoms with Crippen LogP contribution in [0.2, 0.25) is 0 Å². The highest BCUT2D eigenvalue weighted by atomic mass is 32.2. The third-order valence-electron chi connectivity index (χ3n) is 5.78. The van der Waals surface area contributed by atoms with Crippen molar-refractivity contribution in [2.75, 3.05) is 39.6 Å². The first-order chi connectivity index (χ1) is 15.6. The van der Waals surface area contributed by atoms with E-state index in [2.05, 4.69) is 11.0 Å². The Morgan fingerprint density at radius 2 is 1.73 bits per heavy atom. The van der Waals surface area contributed by atoms with Crippen molar-refractivity contribution in [3.63, 3.8) is 0 Å². The molecule has 0 amide bonds. The number of hydrogen-bond donors (Lipinski definition) is 0. The van der Waals surface area contributed by atoms with E-state index in [4.69, 9.17) is 10.00 Å². The van der Waals surface area contributed by atoms with Crippen LogP contribution in [0.15, 0.2) is 58.3 Å². The van der Waals surface area contributed by atoms with Crippen LogP contribution in [0, 0.1) is 11.3 Å². The average molecular weight is 492 g/mol. The van der Waals surface area contributed by atoms with Crippen LogP contribution < -0.4 is 0 Å². The molecule has 33 heavy (non-hydrogen) atoms. The SMILES string of the molecule is COCCN(C1CCN(Cc2cccc(C#N)c2)CC1)S(=O)(=O)c1cccc(S(C)(=O)=O)c1. The first-order valence-corrected chi connectivity index (χ1v) is 14.0. The number of methoxy groups -OCH3 is 1. The van der Waals surface area contributed by atoms with E-state index in [9.17, 15) is 16.8 Å². The van der Waals surface area contributed by atoms with Crippen molar-refractivity contribution in [2.45, 2.75) is 35.2 Å². The lowest BCUT2D eigenvalue weighted by Gasteiger charge is -2.37. The van der Waals surface area contributed by atoms with Gasteiger partial charge in [0.15, 0.2) is 9.84 Å². The molecule has 1 fully saturated rings. The molecule has 0 unspecified atom stereocenters. The molecule has 1 saturated heterocycles. The van der Waals surface area contributed by atoms with Gasteiger partial charge in [-0.25, -0.2) is 16.8 Å². The van der Waals surface area contributed by atoms with Gasteiger partial charge in [-0.1, -0.05) is 18.2 Å².